The van der Waals surface area contributed by atoms with Crippen molar-refractivity contribution in [1.29, 1.82) is 0 Å². The van der Waals surface area contributed by atoms with Gasteiger partial charge in [0.1, 0.15) is 5.82 Å². The van der Waals surface area contributed by atoms with Gasteiger partial charge in [-0.25, -0.2) is 4.79 Å². The van der Waals surface area contributed by atoms with Gasteiger partial charge in [0, 0.05) is 20.0 Å². The van der Waals surface area contributed by atoms with Crippen molar-refractivity contribution >= 4 is 28.7 Å². The van der Waals surface area contributed by atoms with Gasteiger partial charge in [0.05, 0.1) is 0 Å². The van der Waals surface area contributed by atoms with Gasteiger partial charge < -0.3 is 10.6 Å². The number of unbranched alkanes of at least 4 members (excludes halogenated alkanes) is 1. The summed E-state index contributed by atoms with van der Waals surface area (Å²) in [7, 11) is 1.51. The molecule has 0 spiro atoms. The topological polar surface area (TPSA) is 101 Å². The second-order valence-electron chi connectivity index (χ2n) is 5.58. The van der Waals surface area contributed by atoms with E-state index in [1.54, 1.807) is 11.3 Å². The molecule has 0 bridgehead atoms. The lowest BCUT2D eigenvalue weighted by Crippen LogP contribution is -2.39. The number of hydrogen-bond donors (Lipinski definition) is 2. The van der Waals surface area contributed by atoms with Crippen molar-refractivity contribution in [2.45, 2.75) is 39.2 Å². The highest BCUT2D eigenvalue weighted by Crippen LogP contribution is 2.17. The first-order valence-corrected chi connectivity index (χ1v) is 8.80. The summed E-state index contributed by atoms with van der Waals surface area (Å²) in [6.45, 7) is 2.40. The van der Waals surface area contributed by atoms with E-state index >= 15 is 0 Å². The lowest BCUT2D eigenvalue weighted by Gasteiger charge is -2.20. The molecule has 24 heavy (non-hydrogen) atoms. The van der Waals surface area contributed by atoms with Crippen molar-refractivity contribution in [3.63, 3.8) is 0 Å². The maximum Gasteiger partial charge on any atom is 0.330 e. The maximum atomic E-state index is 12.4. The lowest BCUT2D eigenvalue weighted by molar-refractivity contribution is -0.118. The highest BCUT2D eigenvalue weighted by atomic mass is 32.1. The molecule has 2 heterocycles. The van der Waals surface area contributed by atoms with Crippen LogP contribution >= 0.6 is 11.3 Å². The number of carbonyl (C=O) groups excluding carboxylic acids is 1. The number of rotatable bonds is 7. The maximum absolute atomic E-state index is 12.4. The molecule has 130 valence electrons. The number of amides is 1. The standard InChI is InChI=1S/C16H22N4O3S/c1-3-4-8-20-14(17)13(15(22)18-16(20)23)19(2)12(21)6-5-11-7-9-24-10-11/h7,9-10H,3-6,8,17H2,1-2H3,(H,18,22,23). The molecule has 0 aliphatic heterocycles. The fraction of sp³-hybridized carbons (Fsp3) is 0.438. The quantitative estimate of drug-likeness (QED) is 0.791. The van der Waals surface area contributed by atoms with E-state index in [2.05, 4.69) is 4.98 Å². The Morgan fingerprint density at radius 2 is 2.17 bits per heavy atom. The number of nitrogens with one attached hydrogen (secondary N) is 1. The first-order valence-electron chi connectivity index (χ1n) is 7.86. The fourth-order valence-electron chi connectivity index (χ4n) is 2.42. The fourth-order valence-corrected chi connectivity index (χ4v) is 3.12. The molecule has 2 aromatic rings. The number of carbonyl (C=O) groups is 1. The zero-order chi connectivity index (χ0) is 17.7. The van der Waals surface area contributed by atoms with Crippen molar-refractivity contribution in [2.24, 2.45) is 0 Å². The SMILES string of the molecule is CCCCn1c(N)c(N(C)C(=O)CCc2ccsc2)c(=O)[nH]c1=O. The van der Waals surface area contributed by atoms with Crippen LogP contribution in [-0.2, 0) is 17.8 Å². The predicted octanol–water partition coefficient (Wildman–Crippen LogP) is 1.58. The van der Waals surface area contributed by atoms with Gasteiger partial charge in [0.25, 0.3) is 5.56 Å². The normalized spacial score (nSPS) is 10.8. The lowest BCUT2D eigenvalue weighted by atomic mass is 10.2. The summed E-state index contributed by atoms with van der Waals surface area (Å²) in [5.41, 5.74) is 5.93. The third kappa shape index (κ3) is 3.94. The van der Waals surface area contributed by atoms with Crippen LogP contribution in [0.2, 0.25) is 0 Å². The van der Waals surface area contributed by atoms with E-state index in [1.165, 1.54) is 16.5 Å². The Morgan fingerprint density at radius 3 is 2.79 bits per heavy atom. The van der Waals surface area contributed by atoms with Crippen LogP contribution in [0.15, 0.2) is 26.4 Å². The molecule has 7 nitrogen and oxygen atoms in total. The smallest absolute Gasteiger partial charge is 0.330 e. The number of nitrogens with zero attached hydrogens (tertiary/aromatic N) is 2. The van der Waals surface area contributed by atoms with Gasteiger partial charge >= 0.3 is 5.69 Å². The molecule has 2 rings (SSSR count). The molecular weight excluding hydrogens is 328 g/mol. The summed E-state index contributed by atoms with van der Waals surface area (Å²) in [4.78, 5) is 39.9. The van der Waals surface area contributed by atoms with Gasteiger partial charge in [-0.2, -0.15) is 11.3 Å². The van der Waals surface area contributed by atoms with E-state index in [1.807, 2.05) is 23.8 Å². The van der Waals surface area contributed by atoms with Gasteiger partial charge in [0.2, 0.25) is 5.91 Å². The number of anilines is 2. The van der Waals surface area contributed by atoms with Gasteiger partial charge in [-0.3, -0.25) is 19.1 Å². The summed E-state index contributed by atoms with van der Waals surface area (Å²) in [6.07, 6.45) is 2.50. The molecule has 0 aliphatic rings. The Balaban J connectivity index is 2.24. The predicted molar refractivity (Wildman–Crippen MR) is 96.7 cm³/mol. The Labute approximate surface area is 143 Å². The second kappa shape index (κ2) is 7.96. The van der Waals surface area contributed by atoms with Crippen molar-refractivity contribution in [3.8, 4) is 0 Å². The van der Waals surface area contributed by atoms with Crippen molar-refractivity contribution in [2.75, 3.05) is 17.7 Å². The number of nitrogens with two attached hydrogens (primary N) is 1. The highest BCUT2D eigenvalue weighted by Gasteiger charge is 2.20. The molecule has 0 aliphatic carbocycles. The first kappa shape index (κ1) is 18.0. The van der Waals surface area contributed by atoms with Crippen molar-refractivity contribution in [1.82, 2.24) is 9.55 Å². The molecule has 0 saturated heterocycles. The number of nitrogen functional groups attached to an aromatic ring is 1. The number of aromatic amines is 1. The van der Waals surface area contributed by atoms with Crippen LogP contribution in [-0.4, -0.2) is 22.5 Å². The molecule has 3 N–H and O–H groups in total. The summed E-state index contributed by atoms with van der Waals surface area (Å²) in [5, 5.41) is 3.94. The Hall–Kier alpha value is -2.35. The van der Waals surface area contributed by atoms with E-state index in [0.717, 1.165) is 18.4 Å². The second-order valence-corrected chi connectivity index (χ2v) is 6.36. The number of aryl methyl sites for hydroxylation is 1. The number of thiophene rings is 1. The third-order valence-electron chi connectivity index (χ3n) is 3.87. The summed E-state index contributed by atoms with van der Waals surface area (Å²) in [5.74, 6) is -0.192. The number of hydrogen-bond acceptors (Lipinski definition) is 5. The molecule has 0 radical (unpaired) electrons. The third-order valence-corrected chi connectivity index (χ3v) is 4.60. The molecule has 1 amide bonds. The molecule has 2 aromatic heterocycles. The zero-order valence-corrected chi connectivity index (χ0v) is 14.7. The van der Waals surface area contributed by atoms with E-state index < -0.39 is 11.2 Å². The minimum Gasteiger partial charge on any atom is -0.383 e. The molecule has 0 saturated carbocycles. The molecule has 0 fully saturated rings. The summed E-state index contributed by atoms with van der Waals surface area (Å²) >= 11 is 1.57. The van der Waals surface area contributed by atoms with Crippen LogP contribution in [0.3, 0.4) is 0 Å². The summed E-state index contributed by atoms with van der Waals surface area (Å²) in [6, 6.07) is 1.96. The Kier molecular flexibility index (Phi) is 5.97. The van der Waals surface area contributed by atoms with Gasteiger partial charge in [-0.1, -0.05) is 13.3 Å². The van der Waals surface area contributed by atoms with E-state index in [-0.39, 0.29) is 23.8 Å². The van der Waals surface area contributed by atoms with E-state index in [0.29, 0.717) is 13.0 Å². The van der Waals surface area contributed by atoms with Crippen LogP contribution < -0.4 is 21.9 Å². The van der Waals surface area contributed by atoms with Crippen LogP contribution in [0.4, 0.5) is 11.5 Å². The molecular formula is C16H22N4O3S. The van der Waals surface area contributed by atoms with Crippen LogP contribution in [0.1, 0.15) is 31.7 Å². The largest absolute Gasteiger partial charge is 0.383 e. The zero-order valence-electron chi connectivity index (χ0n) is 13.9. The van der Waals surface area contributed by atoms with Crippen molar-refractivity contribution in [3.05, 3.63) is 43.2 Å². The minimum absolute atomic E-state index is 0.0287. The Morgan fingerprint density at radius 1 is 1.42 bits per heavy atom. The molecule has 0 aromatic carbocycles. The first-order chi connectivity index (χ1) is 11.5. The Bertz CT molecular complexity index is 808. The van der Waals surface area contributed by atoms with Crippen LogP contribution in [0.5, 0.6) is 0 Å². The number of H-pyrrole nitrogens is 1. The monoisotopic (exact) mass is 350 g/mol. The van der Waals surface area contributed by atoms with Gasteiger partial charge in [0.15, 0.2) is 5.69 Å². The van der Waals surface area contributed by atoms with Gasteiger partial charge in [-0.05, 0) is 35.2 Å². The molecule has 0 atom stereocenters. The molecule has 0 unspecified atom stereocenters. The average molecular weight is 350 g/mol. The van der Waals surface area contributed by atoms with Crippen molar-refractivity contribution < 1.29 is 4.79 Å². The molecule has 8 heteroatoms. The van der Waals surface area contributed by atoms with E-state index in [9.17, 15) is 14.4 Å². The minimum atomic E-state index is -0.642. The number of aromatic nitrogens is 2. The summed E-state index contributed by atoms with van der Waals surface area (Å²) < 4.78 is 1.31. The van der Waals surface area contributed by atoms with Gasteiger partial charge in [-0.15, -0.1) is 0 Å². The van der Waals surface area contributed by atoms with Crippen LogP contribution in [0.25, 0.3) is 0 Å². The van der Waals surface area contributed by atoms with E-state index in [4.69, 9.17) is 5.73 Å². The average Bonchev–Trinajstić information content (AvgIpc) is 3.05. The highest BCUT2D eigenvalue weighted by molar-refractivity contribution is 7.07. The van der Waals surface area contributed by atoms with Crippen LogP contribution in [0, 0.1) is 0 Å².